The summed E-state index contributed by atoms with van der Waals surface area (Å²) >= 11 is 0. The quantitative estimate of drug-likeness (QED) is 0.382. The molecule has 162 valence electrons. The van der Waals surface area contributed by atoms with Crippen LogP contribution in [0.5, 0.6) is 0 Å². The van der Waals surface area contributed by atoms with Crippen molar-refractivity contribution in [3.63, 3.8) is 0 Å². The SMILES string of the molecule is N#Cc1cccc(CCNc2nc(-c3ccccc3)ccc2N(C=O)Cc2cccnc2)c1. The maximum Gasteiger partial charge on any atom is 0.214 e. The molecule has 6 nitrogen and oxygen atoms in total. The number of hydrogen-bond donors (Lipinski definition) is 1. The smallest absolute Gasteiger partial charge is 0.214 e. The number of nitriles is 1. The van der Waals surface area contributed by atoms with Crippen LogP contribution in [-0.4, -0.2) is 22.9 Å². The molecule has 4 rings (SSSR count). The van der Waals surface area contributed by atoms with Crippen LogP contribution in [0.15, 0.2) is 91.3 Å². The highest BCUT2D eigenvalue weighted by molar-refractivity contribution is 5.83. The van der Waals surface area contributed by atoms with Crippen LogP contribution in [0, 0.1) is 11.3 Å². The van der Waals surface area contributed by atoms with Crippen molar-refractivity contribution in [3.05, 3.63) is 108 Å². The Labute approximate surface area is 193 Å². The van der Waals surface area contributed by atoms with Crippen molar-refractivity contribution in [2.45, 2.75) is 13.0 Å². The third-order valence-corrected chi connectivity index (χ3v) is 5.22. The van der Waals surface area contributed by atoms with Gasteiger partial charge in [-0.2, -0.15) is 5.26 Å². The van der Waals surface area contributed by atoms with Crippen molar-refractivity contribution in [1.29, 1.82) is 5.26 Å². The van der Waals surface area contributed by atoms with Gasteiger partial charge in [0.15, 0.2) is 5.82 Å². The average Bonchev–Trinajstić information content (AvgIpc) is 2.88. The molecule has 0 saturated heterocycles. The highest BCUT2D eigenvalue weighted by atomic mass is 16.1. The molecule has 6 heteroatoms. The molecule has 0 bridgehead atoms. The first kappa shape index (κ1) is 21.7. The fourth-order valence-electron chi connectivity index (χ4n) is 3.57. The van der Waals surface area contributed by atoms with Crippen molar-refractivity contribution in [3.8, 4) is 17.3 Å². The Kier molecular flexibility index (Phi) is 7.04. The van der Waals surface area contributed by atoms with E-state index in [4.69, 9.17) is 10.2 Å². The van der Waals surface area contributed by atoms with Gasteiger partial charge in [-0.25, -0.2) is 4.98 Å². The summed E-state index contributed by atoms with van der Waals surface area (Å²) in [4.78, 5) is 22.6. The van der Waals surface area contributed by atoms with Gasteiger partial charge in [-0.15, -0.1) is 0 Å². The lowest BCUT2D eigenvalue weighted by atomic mass is 10.1. The van der Waals surface area contributed by atoms with E-state index < -0.39 is 0 Å². The molecule has 0 fully saturated rings. The van der Waals surface area contributed by atoms with Gasteiger partial charge in [0.1, 0.15) is 0 Å². The zero-order valence-electron chi connectivity index (χ0n) is 18.1. The summed E-state index contributed by atoms with van der Waals surface area (Å²) in [6, 6.07) is 27.3. The number of carbonyl (C=O) groups excluding carboxylic acids is 1. The Bertz CT molecular complexity index is 1250. The van der Waals surface area contributed by atoms with Gasteiger partial charge >= 0.3 is 0 Å². The molecule has 1 N–H and O–H groups in total. The monoisotopic (exact) mass is 433 g/mol. The van der Waals surface area contributed by atoms with Gasteiger partial charge in [0.05, 0.1) is 29.6 Å². The topological polar surface area (TPSA) is 81.9 Å². The highest BCUT2D eigenvalue weighted by Crippen LogP contribution is 2.29. The first-order valence-electron chi connectivity index (χ1n) is 10.7. The molecule has 1 amide bonds. The van der Waals surface area contributed by atoms with E-state index in [2.05, 4.69) is 16.4 Å². The third-order valence-electron chi connectivity index (χ3n) is 5.22. The molecule has 2 aromatic carbocycles. The molecule has 33 heavy (non-hydrogen) atoms. The van der Waals surface area contributed by atoms with E-state index in [1.54, 1.807) is 23.4 Å². The molecule has 0 unspecified atom stereocenters. The van der Waals surface area contributed by atoms with Crippen LogP contribution in [0.3, 0.4) is 0 Å². The lowest BCUT2D eigenvalue weighted by Gasteiger charge is -2.21. The molecule has 2 aromatic heterocycles. The van der Waals surface area contributed by atoms with Crippen molar-refractivity contribution >= 4 is 17.9 Å². The van der Waals surface area contributed by atoms with Crippen molar-refractivity contribution in [2.75, 3.05) is 16.8 Å². The number of nitrogens with zero attached hydrogens (tertiary/aromatic N) is 4. The van der Waals surface area contributed by atoms with Crippen LogP contribution < -0.4 is 10.2 Å². The van der Waals surface area contributed by atoms with E-state index in [0.29, 0.717) is 30.2 Å². The number of nitrogens with one attached hydrogen (secondary N) is 1. The third kappa shape index (κ3) is 5.60. The molecule has 0 aliphatic rings. The molecule has 2 heterocycles. The normalized spacial score (nSPS) is 10.3. The summed E-state index contributed by atoms with van der Waals surface area (Å²) < 4.78 is 0. The fraction of sp³-hybridized carbons (Fsp3) is 0.111. The molecule has 0 saturated carbocycles. The predicted octanol–water partition coefficient (Wildman–Crippen LogP) is 4.83. The van der Waals surface area contributed by atoms with Crippen molar-refractivity contribution in [1.82, 2.24) is 9.97 Å². The van der Waals surface area contributed by atoms with E-state index in [-0.39, 0.29) is 0 Å². The van der Waals surface area contributed by atoms with Crippen molar-refractivity contribution < 1.29 is 4.79 Å². The van der Waals surface area contributed by atoms with Gasteiger partial charge < -0.3 is 10.2 Å². The van der Waals surface area contributed by atoms with E-state index >= 15 is 0 Å². The molecule has 0 aliphatic carbocycles. The fourth-order valence-corrected chi connectivity index (χ4v) is 3.57. The predicted molar refractivity (Wildman–Crippen MR) is 130 cm³/mol. The molecular formula is C27H23N5O. The number of carbonyl (C=O) groups is 1. The summed E-state index contributed by atoms with van der Waals surface area (Å²) in [5.41, 5.74) is 5.14. The van der Waals surface area contributed by atoms with E-state index in [1.165, 1.54) is 0 Å². The van der Waals surface area contributed by atoms with Gasteiger partial charge in [-0.3, -0.25) is 9.78 Å². The number of rotatable bonds is 9. The minimum absolute atomic E-state index is 0.391. The summed E-state index contributed by atoms with van der Waals surface area (Å²) in [5.74, 6) is 0.629. The zero-order chi connectivity index (χ0) is 22.9. The van der Waals surface area contributed by atoms with Gasteiger partial charge in [-0.05, 0) is 47.9 Å². The summed E-state index contributed by atoms with van der Waals surface area (Å²) in [6.07, 6.45) is 4.99. The summed E-state index contributed by atoms with van der Waals surface area (Å²) in [5, 5.41) is 12.5. The van der Waals surface area contributed by atoms with E-state index in [1.807, 2.05) is 72.8 Å². The Balaban J connectivity index is 1.60. The number of aromatic nitrogens is 2. The summed E-state index contributed by atoms with van der Waals surface area (Å²) in [6.45, 7) is 0.995. The standard InChI is InChI=1S/C27H23N5O/c28-17-22-7-4-6-21(16-22)13-15-30-27-26(32(20-33)19-23-8-5-14-29-18-23)12-11-25(31-27)24-9-2-1-3-10-24/h1-12,14,16,18,20H,13,15,19H2,(H,30,31). The van der Waals surface area contributed by atoms with Gasteiger partial charge in [0.25, 0.3) is 0 Å². The summed E-state index contributed by atoms with van der Waals surface area (Å²) in [7, 11) is 0. The van der Waals surface area contributed by atoms with Crippen LogP contribution in [0.1, 0.15) is 16.7 Å². The Morgan fingerprint density at radius 2 is 1.82 bits per heavy atom. The van der Waals surface area contributed by atoms with Crippen LogP contribution in [0.4, 0.5) is 11.5 Å². The minimum atomic E-state index is 0.391. The van der Waals surface area contributed by atoms with E-state index in [0.717, 1.165) is 35.2 Å². The number of benzene rings is 2. The van der Waals surface area contributed by atoms with Crippen LogP contribution >= 0.6 is 0 Å². The molecule has 0 aliphatic heterocycles. The molecule has 0 spiro atoms. The maximum absolute atomic E-state index is 12.0. The van der Waals surface area contributed by atoms with Crippen LogP contribution in [0.25, 0.3) is 11.3 Å². The van der Waals surface area contributed by atoms with Crippen LogP contribution in [-0.2, 0) is 17.8 Å². The van der Waals surface area contributed by atoms with Crippen LogP contribution in [0.2, 0.25) is 0 Å². The van der Waals surface area contributed by atoms with Gasteiger partial charge in [0, 0.05) is 24.5 Å². The lowest BCUT2D eigenvalue weighted by molar-refractivity contribution is -0.107. The van der Waals surface area contributed by atoms with E-state index in [9.17, 15) is 4.79 Å². The zero-order valence-corrected chi connectivity index (χ0v) is 18.1. The maximum atomic E-state index is 12.0. The second kappa shape index (κ2) is 10.7. The Morgan fingerprint density at radius 3 is 2.58 bits per heavy atom. The Hall–Kier alpha value is -4.50. The number of amides is 1. The first-order valence-corrected chi connectivity index (χ1v) is 10.7. The van der Waals surface area contributed by atoms with Gasteiger partial charge in [-0.1, -0.05) is 48.5 Å². The minimum Gasteiger partial charge on any atom is -0.368 e. The molecule has 0 atom stereocenters. The number of anilines is 2. The lowest BCUT2D eigenvalue weighted by Crippen LogP contribution is -2.23. The second-order valence-electron chi connectivity index (χ2n) is 7.51. The van der Waals surface area contributed by atoms with Gasteiger partial charge in [0.2, 0.25) is 6.41 Å². The molecule has 0 radical (unpaired) electrons. The molecule has 4 aromatic rings. The number of pyridine rings is 2. The largest absolute Gasteiger partial charge is 0.368 e. The first-order chi connectivity index (χ1) is 16.3. The molecular weight excluding hydrogens is 410 g/mol. The van der Waals surface area contributed by atoms with Crippen molar-refractivity contribution in [2.24, 2.45) is 0 Å². The highest BCUT2D eigenvalue weighted by Gasteiger charge is 2.14. The number of hydrogen-bond acceptors (Lipinski definition) is 5. The average molecular weight is 434 g/mol. The second-order valence-corrected chi connectivity index (χ2v) is 7.51. The Morgan fingerprint density at radius 1 is 0.970 bits per heavy atom.